The van der Waals surface area contributed by atoms with Crippen LogP contribution in [0.25, 0.3) is 11.6 Å². The first-order valence-electron chi connectivity index (χ1n) is 7.37. The van der Waals surface area contributed by atoms with Gasteiger partial charge in [-0.3, -0.25) is 0 Å². The van der Waals surface area contributed by atoms with E-state index in [-0.39, 0.29) is 11.6 Å². The quantitative estimate of drug-likeness (QED) is 0.846. The number of ether oxygens (including phenoxy) is 1. The van der Waals surface area contributed by atoms with Crippen molar-refractivity contribution < 1.29 is 9.26 Å². The van der Waals surface area contributed by atoms with Gasteiger partial charge in [-0.1, -0.05) is 18.5 Å². The van der Waals surface area contributed by atoms with Crippen molar-refractivity contribution in [1.82, 2.24) is 20.1 Å². The second-order valence-corrected chi connectivity index (χ2v) is 5.63. The molecule has 2 aromatic rings. The van der Waals surface area contributed by atoms with Crippen molar-refractivity contribution in [2.75, 3.05) is 7.11 Å². The second kappa shape index (κ2) is 5.57. The van der Waals surface area contributed by atoms with E-state index in [1.165, 1.54) is 0 Å². The van der Waals surface area contributed by atoms with Crippen LogP contribution >= 0.6 is 0 Å². The van der Waals surface area contributed by atoms with Crippen LogP contribution in [0.3, 0.4) is 0 Å². The van der Waals surface area contributed by atoms with Crippen molar-refractivity contribution in [3.63, 3.8) is 0 Å². The van der Waals surface area contributed by atoms with Crippen LogP contribution in [0.4, 0.5) is 0 Å². The highest BCUT2D eigenvalue weighted by atomic mass is 16.5. The van der Waals surface area contributed by atoms with Crippen molar-refractivity contribution in [1.29, 1.82) is 0 Å². The van der Waals surface area contributed by atoms with Crippen LogP contribution in [-0.4, -0.2) is 27.2 Å². The molecule has 1 fully saturated rings. The first-order valence-corrected chi connectivity index (χ1v) is 7.37. The highest BCUT2D eigenvalue weighted by molar-refractivity contribution is 5.45. The lowest BCUT2D eigenvalue weighted by atomic mass is 9.77. The molecule has 2 aromatic heterocycles. The third-order valence-electron chi connectivity index (χ3n) is 4.09. The predicted molar refractivity (Wildman–Crippen MR) is 76.3 cm³/mol. The molecular weight excluding hydrogens is 270 g/mol. The third-order valence-corrected chi connectivity index (χ3v) is 4.09. The fourth-order valence-corrected chi connectivity index (χ4v) is 2.57. The summed E-state index contributed by atoms with van der Waals surface area (Å²) in [5.41, 5.74) is 6.63. The lowest BCUT2D eigenvalue weighted by Gasteiger charge is -2.35. The first-order chi connectivity index (χ1) is 10.2. The molecule has 0 bridgehead atoms. The third kappa shape index (κ3) is 2.58. The fourth-order valence-electron chi connectivity index (χ4n) is 2.57. The van der Waals surface area contributed by atoms with E-state index in [1.54, 1.807) is 13.3 Å². The molecule has 0 radical (unpaired) electrons. The molecular formula is C14H21N5O2. The molecule has 1 aliphatic rings. The monoisotopic (exact) mass is 291 g/mol. The summed E-state index contributed by atoms with van der Waals surface area (Å²) in [6.45, 7) is 2.09. The number of rotatable bonds is 6. The summed E-state index contributed by atoms with van der Waals surface area (Å²) in [4.78, 5) is 12.0. The lowest BCUT2D eigenvalue weighted by Crippen LogP contribution is -2.44. The number of nitrogens with zero attached hydrogens (tertiary/aromatic N) is 3. The SMILES string of the molecule is CCCC(OC)c1noc(-c2cnc(C3(N)CCC3)[nH]2)n1. The van der Waals surface area contributed by atoms with Crippen LogP contribution in [0.15, 0.2) is 10.7 Å². The van der Waals surface area contributed by atoms with E-state index in [0.717, 1.165) is 37.9 Å². The summed E-state index contributed by atoms with van der Waals surface area (Å²) >= 11 is 0. The molecule has 0 saturated heterocycles. The number of hydrogen-bond donors (Lipinski definition) is 2. The van der Waals surface area contributed by atoms with Crippen LogP contribution in [0.5, 0.6) is 0 Å². The Morgan fingerprint density at radius 3 is 2.95 bits per heavy atom. The molecule has 0 aromatic carbocycles. The maximum absolute atomic E-state index is 6.25. The summed E-state index contributed by atoms with van der Waals surface area (Å²) < 4.78 is 10.7. The molecule has 114 valence electrons. The van der Waals surface area contributed by atoms with E-state index >= 15 is 0 Å². The number of methoxy groups -OCH3 is 1. The van der Waals surface area contributed by atoms with Gasteiger partial charge in [-0.25, -0.2) is 4.98 Å². The zero-order chi connectivity index (χ0) is 14.9. The van der Waals surface area contributed by atoms with Crippen LogP contribution in [-0.2, 0) is 10.3 Å². The molecule has 7 nitrogen and oxygen atoms in total. The van der Waals surface area contributed by atoms with E-state index in [0.29, 0.717) is 17.4 Å². The topological polar surface area (TPSA) is 103 Å². The zero-order valence-electron chi connectivity index (χ0n) is 12.4. The Hall–Kier alpha value is -1.73. The largest absolute Gasteiger partial charge is 0.373 e. The molecule has 0 spiro atoms. The van der Waals surface area contributed by atoms with Crippen molar-refractivity contribution >= 4 is 0 Å². The summed E-state index contributed by atoms with van der Waals surface area (Å²) in [6, 6.07) is 0. The number of imidazole rings is 1. The van der Waals surface area contributed by atoms with Gasteiger partial charge in [0.1, 0.15) is 17.6 Å². The molecule has 21 heavy (non-hydrogen) atoms. The maximum Gasteiger partial charge on any atom is 0.276 e. The van der Waals surface area contributed by atoms with Crippen molar-refractivity contribution in [3.05, 3.63) is 17.8 Å². The highest BCUT2D eigenvalue weighted by Crippen LogP contribution is 2.37. The van der Waals surface area contributed by atoms with Gasteiger partial charge in [0.25, 0.3) is 5.89 Å². The number of nitrogens with two attached hydrogens (primary N) is 1. The predicted octanol–water partition coefficient (Wildman–Crippen LogP) is 2.29. The van der Waals surface area contributed by atoms with Gasteiger partial charge in [0.15, 0.2) is 0 Å². The first kappa shape index (κ1) is 14.2. The molecule has 1 atom stereocenters. The molecule has 1 saturated carbocycles. The van der Waals surface area contributed by atoms with Gasteiger partial charge < -0.3 is 20.0 Å². The smallest absolute Gasteiger partial charge is 0.276 e. The molecule has 3 rings (SSSR count). The van der Waals surface area contributed by atoms with Crippen LogP contribution in [0.2, 0.25) is 0 Å². The number of nitrogens with one attached hydrogen (secondary N) is 1. The number of aromatic nitrogens is 4. The second-order valence-electron chi connectivity index (χ2n) is 5.63. The van der Waals surface area contributed by atoms with Gasteiger partial charge in [0.05, 0.1) is 11.7 Å². The zero-order valence-corrected chi connectivity index (χ0v) is 12.4. The molecule has 2 heterocycles. The minimum atomic E-state index is -0.321. The lowest BCUT2D eigenvalue weighted by molar-refractivity contribution is 0.0854. The summed E-state index contributed by atoms with van der Waals surface area (Å²) in [5, 5.41) is 4.00. The van der Waals surface area contributed by atoms with Crippen LogP contribution in [0, 0.1) is 0 Å². The Morgan fingerprint density at radius 2 is 2.33 bits per heavy atom. The summed E-state index contributed by atoms with van der Waals surface area (Å²) in [6.07, 6.45) is 6.46. The minimum absolute atomic E-state index is 0.137. The fraction of sp³-hybridized carbons (Fsp3) is 0.643. The van der Waals surface area contributed by atoms with E-state index < -0.39 is 0 Å². The Morgan fingerprint density at radius 1 is 1.52 bits per heavy atom. The average Bonchev–Trinajstić information content (AvgIpc) is 3.10. The van der Waals surface area contributed by atoms with E-state index in [4.69, 9.17) is 15.0 Å². The van der Waals surface area contributed by atoms with Gasteiger partial charge in [-0.05, 0) is 25.7 Å². The Labute approximate surface area is 123 Å². The van der Waals surface area contributed by atoms with Gasteiger partial charge in [-0.2, -0.15) is 4.98 Å². The number of hydrogen-bond acceptors (Lipinski definition) is 6. The molecule has 1 unspecified atom stereocenters. The minimum Gasteiger partial charge on any atom is -0.373 e. The molecule has 0 aliphatic heterocycles. The summed E-state index contributed by atoms with van der Waals surface area (Å²) in [7, 11) is 1.65. The highest BCUT2D eigenvalue weighted by Gasteiger charge is 2.37. The van der Waals surface area contributed by atoms with Crippen LogP contribution in [0.1, 0.15) is 56.8 Å². The Bertz CT molecular complexity index is 602. The molecule has 7 heteroatoms. The maximum atomic E-state index is 6.25. The van der Waals surface area contributed by atoms with Gasteiger partial charge in [-0.15, -0.1) is 0 Å². The Kier molecular flexibility index (Phi) is 3.77. The van der Waals surface area contributed by atoms with Crippen molar-refractivity contribution in [2.24, 2.45) is 5.73 Å². The number of aromatic amines is 1. The standard InChI is InChI=1S/C14H21N5O2/c1-3-5-10(20-2)11-18-12(21-19-11)9-8-16-13(17-9)14(15)6-4-7-14/h8,10H,3-7,15H2,1-2H3,(H,16,17). The van der Waals surface area contributed by atoms with Crippen molar-refractivity contribution in [3.8, 4) is 11.6 Å². The van der Waals surface area contributed by atoms with E-state index in [2.05, 4.69) is 27.0 Å². The average molecular weight is 291 g/mol. The van der Waals surface area contributed by atoms with Gasteiger partial charge in [0.2, 0.25) is 5.82 Å². The van der Waals surface area contributed by atoms with Crippen LogP contribution < -0.4 is 5.73 Å². The summed E-state index contributed by atoms with van der Waals surface area (Å²) in [5.74, 6) is 1.78. The van der Waals surface area contributed by atoms with Crippen molar-refractivity contribution in [2.45, 2.75) is 50.7 Å². The van der Waals surface area contributed by atoms with E-state index in [1.807, 2.05) is 0 Å². The number of H-pyrrole nitrogens is 1. The van der Waals surface area contributed by atoms with Gasteiger partial charge in [0, 0.05) is 7.11 Å². The normalized spacial score (nSPS) is 18.4. The van der Waals surface area contributed by atoms with Gasteiger partial charge >= 0.3 is 0 Å². The van der Waals surface area contributed by atoms with E-state index in [9.17, 15) is 0 Å². The molecule has 1 aliphatic carbocycles. The Balaban J connectivity index is 1.80. The molecule has 3 N–H and O–H groups in total. The molecule has 0 amide bonds.